The second-order valence-corrected chi connectivity index (χ2v) is 6.89. The summed E-state index contributed by atoms with van der Waals surface area (Å²) in [4.78, 5) is 20.5. The Morgan fingerprint density at radius 1 is 1.12 bits per heavy atom. The van der Waals surface area contributed by atoms with E-state index in [2.05, 4.69) is 27.1 Å². The standard InChI is InChI=1S/C23H15F3N4O2/c1-14-4-5-16(22(32)29-20-12-17(8-9-27-20)23(24,25)26)11-15(14)6-7-18-13-28-21-19(31)3-2-10-30(18)21/h2-5,8-13,31H,1H3,(H,27,29,32). The van der Waals surface area contributed by atoms with E-state index >= 15 is 0 Å². The van der Waals surface area contributed by atoms with E-state index in [4.69, 9.17) is 0 Å². The van der Waals surface area contributed by atoms with Crippen molar-refractivity contribution in [3.8, 4) is 17.6 Å². The fourth-order valence-electron chi connectivity index (χ4n) is 2.98. The zero-order chi connectivity index (χ0) is 22.9. The molecule has 3 aromatic heterocycles. The van der Waals surface area contributed by atoms with Gasteiger partial charge in [0.2, 0.25) is 0 Å². The van der Waals surface area contributed by atoms with Crippen molar-refractivity contribution in [2.24, 2.45) is 0 Å². The summed E-state index contributed by atoms with van der Waals surface area (Å²) in [7, 11) is 0. The fraction of sp³-hybridized carbons (Fsp3) is 0.0870. The molecular formula is C23H15F3N4O2. The zero-order valence-corrected chi connectivity index (χ0v) is 16.6. The Kier molecular flexibility index (Phi) is 5.28. The highest BCUT2D eigenvalue weighted by Crippen LogP contribution is 2.30. The quantitative estimate of drug-likeness (QED) is 0.456. The summed E-state index contributed by atoms with van der Waals surface area (Å²) in [5.41, 5.74) is 1.59. The number of pyridine rings is 2. The minimum absolute atomic E-state index is 0.0265. The number of nitrogens with one attached hydrogen (secondary N) is 1. The first-order valence-electron chi connectivity index (χ1n) is 9.35. The third-order valence-corrected chi connectivity index (χ3v) is 4.67. The molecule has 0 saturated carbocycles. The lowest BCUT2D eigenvalue weighted by Crippen LogP contribution is -2.14. The first-order chi connectivity index (χ1) is 15.2. The van der Waals surface area contributed by atoms with E-state index in [9.17, 15) is 23.1 Å². The second-order valence-electron chi connectivity index (χ2n) is 6.89. The molecule has 0 spiro atoms. The number of anilines is 1. The molecule has 0 radical (unpaired) electrons. The van der Waals surface area contributed by atoms with Crippen molar-refractivity contribution in [2.45, 2.75) is 13.1 Å². The number of benzene rings is 1. The van der Waals surface area contributed by atoms with Crippen LogP contribution in [0, 0.1) is 18.8 Å². The maximum absolute atomic E-state index is 12.9. The first-order valence-corrected chi connectivity index (χ1v) is 9.35. The molecular weight excluding hydrogens is 421 g/mol. The summed E-state index contributed by atoms with van der Waals surface area (Å²) >= 11 is 0. The molecule has 32 heavy (non-hydrogen) atoms. The number of hydrogen-bond donors (Lipinski definition) is 2. The molecule has 0 unspecified atom stereocenters. The van der Waals surface area contributed by atoms with Crippen LogP contribution in [0.5, 0.6) is 5.75 Å². The van der Waals surface area contributed by atoms with Gasteiger partial charge in [-0.1, -0.05) is 12.0 Å². The van der Waals surface area contributed by atoms with Crippen molar-refractivity contribution in [3.63, 3.8) is 0 Å². The van der Waals surface area contributed by atoms with Crippen LogP contribution in [-0.4, -0.2) is 25.4 Å². The predicted molar refractivity (Wildman–Crippen MR) is 111 cm³/mol. The molecule has 4 rings (SSSR count). The number of halogens is 3. The van der Waals surface area contributed by atoms with E-state index in [0.717, 1.165) is 23.9 Å². The van der Waals surface area contributed by atoms with Crippen LogP contribution in [0.1, 0.15) is 32.7 Å². The Hall–Kier alpha value is -4.32. The van der Waals surface area contributed by atoms with Crippen LogP contribution in [0.15, 0.2) is 61.1 Å². The number of fused-ring (bicyclic) bond motifs is 1. The van der Waals surface area contributed by atoms with Gasteiger partial charge in [-0.05, 0) is 54.8 Å². The van der Waals surface area contributed by atoms with Crippen molar-refractivity contribution in [3.05, 3.63) is 89.0 Å². The molecule has 0 aliphatic rings. The van der Waals surface area contributed by atoms with Gasteiger partial charge in [0, 0.05) is 23.5 Å². The highest BCUT2D eigenvalue weighted by molar-refractivity contribution is 6.04. The average molecular weight is 436 g/mol. The molecule has 2 N–H and O–H groups in total. The second kappa shape index (κ2) is 8.07. The van der Waals surface area contributed by atoms with E-state index < -0.39 is 17.6 Å². The summed E-state index contributed by atoms with van der Waals surface area (Å²) in [5.74, 6) is 5.15. The number of rotatable bonds is 2. The van der Waals surface area contributed by atoms with Crippen LogP contribution in [0.4, 0.5) is 19.0 Å². The molecule has 0 aliphatic heterocycles. The highest BCUT2D eigenvalue weighted by Gasteiger charge is 2.30. The van der Waals surface area contributed by atoms with Gasteiger partial charge in [0.05, 0.1) is 11.8 Å². The summed E-state index contributed by atoms with van der Waals surface area (Å²) < 4.78 is 40.2. The lowest BCUT2D eigenvalue weighted by molar-refractivity contribution is -0.137. The van der Waals surface area contributed by atoms with Crippen molar-refractivity contribution in [2.75, 3.05) is 5.32 Å². The number of imidazole rings is 1. The van der Waals surface area contributed by atoms with E-state index in [1.165, 1.54) is 12.3 Å². The number of hydrogen-bond acceptors (Lipinski definition) is 4. The van der Waals surface area contributed by atoms with Crippen molar-refractivity contribution in [1.82, 2.24) is 14.4 Å². The Labute approximate surface area is 180 Å². The number of carbonyl (C=O) groups is 1. The van der Waals surface area contributed by atoms with Gasteiger partial charge in [-0.3, -0.25) is 9.20 Å². The maximum Gasteiger partial charge on any atom is 0.416 e. The van der Waals surface area contributed by atoms with E-state index in [0.29, 0.717) is 16.9 Å². The Morgan fingerprint density at radius 2 is 1.94 bits per heavy atom. The molecule has 9 heteroatoms. The number of carbonyl (C=O) groups excluding carboxylic acids is 1. The van der Waals surface area contributed by atoms with Crippen molar-refractivity contribution in [1.29, 1.82) is 0 Å². The van der Waals surface area contributed by atoms with Crippen molar-refractivity contribution < 1.29 is 23.1 Å². The van der Waals surface area contributed by atoms with Gasteiger partial charge >= 0.3 is 6.18 Å². The monoisotopic (exact) mass is 436 g/mol. The summed E-state index contributed by atoms with van der Waals surface area (Å²) in [6.07, 6.45) is -0.320. The third kappa shape index (κ3) is 4.25. The van der Waals surface area contributed by atoms with E-state index in [1.807, 2.05) is 6.92 Å². The summed E-state index contributed by atoms with van der Waals surface area (Å²) in [6.45, 7) is 1.82. The molecule has 3 heterocycles. The van der Waals surface area contributed by atoms with Crippen LogP contribution in [0.25, 0.3) is 5.65 Å². The van der Waals surface area contributed by atoms with Gasteiger partial charge in [0.25, 0.3) is 5.91 Å². The number of alkyl halides is 3. The minimum atomic E-state index is -4.54. The smallest absolute Gasteiger partial charge is 0.416 e. The Morgan fingerprint density at radius 3 is 2.72 bits per heavy atom. The van der Waals surface area contributed by atoms with Gasteiger partial charge in [-0.15, -0.1) is 0 Å². The highest BCUT2D eigenvalue weighted by atomic mass is 19.4. The lowest BCUT2D eigenvalue weighted by atomic mass is 10.0. The number of aromatic hydroxyl groups is 1. The van der Waals surface area contributed by atoms with Crippen LogP contribution in [0.3, 0.4) is 0 Å². The van der Waals surface area contributed by atoms with Crippen LogP contribution >= 0.6 is 0 Å². The zero-order valence-electron chi connectivity index (χ0n) is 16.6. The number of nitrogens with zero attached hydrogens (tertiary/aromatic N) is 3. The van der Waals surface area contributed by atoms with Crippen LogP contribution < -0.4 is 5.32 Å². The Balaban J connectivity index is 1.60. The molecule has 1 aromatic carbocycles. The van der Waals surface area contributed by atoms with Gasteiger partial charge in [0.15, 0.2) is 11.4 Å². The maximum atomic E-state index is 12.9. The van der Waals surface area contributed by atoms with Gasteiger partial charge in [-0.25, -0.2) is 9.97 Å². The Bertz CT molecular complexity index is 1400. The molecule has 1 amide bonds. The van der Waals surface area contributed by atoms with E-state index in [-0.39, 0.29) is 17.1 Å². The summed E-state index contributed by atoms with van der Waals surface area (Å²) in [6, 6.07) is 9.57. The van der Waals surface area contributed by atoms with Crippen LogP contribution in [0.2, 0.25) is 0 Å². The van der Waals surface area contributed by atoms with E-state index in [1.54, 1.807) is 34.9 Å². The van der Waals surface area contributed by atoms with Gasteiger partial charge in [-0.2, -0.15) is 13.2 Å². The first kappa shape index (κ1) is 20.9. The molecule has 4 aromatic rings. The summed E-state index contributed by atoms with van der Waals surface area (Å²) in [5, 5.41) is 12.2. The van der Waals surface area contributed by atoms with Gasteiger partial charge < -0.3 is 10.4 Å². The minimum Gasteiger partial charge on any atom is -0.504 e. The predicted octanol–water partition coefficient (Wildman–Crippen LogP) is 4.41. The molecule has 0 fully saturated rings. The topological polar surface area (TPSA) is 79.5 Å². The SMILES string of the molecule is Cc1ccc(C(=O)Nc2cc(C(F)(F)F)ccn2)cc1C#Cc1cnc2c(O)cccn12. The number of aryl methyl sites for hydroxylation is 1. The van der Waals surface area contributed by atoms with Crippen LogP contribution in [-0.2, 0) is 6.18 Å². The molecule has 6 nitrogen and oxygen atoms in total. The van der Waals surface area contributed by atoms with Crippen molar-refractivity contribution >= 4 is 17.4 Å². The fourth-order valence-corrected chi connectivity index (χ4v) is 2.98. The molecule has 0 bridgehead atoms. The number of amides is 1. The molecule has 160 valence electrons. The molecule has 0 aliphatic carbocycles. The number of aromatic nitrogens is 3. The lowest BCUT2D eigenvalue weighted by Gasteiger charge is -2.09. The normalized spacial score (nSPS) is 11.1. The average Bonchev–Trinajstić information content (AvgIpc) is 3.17. The molecule has 0 atom stereocenters. The third-order valence-electron chi connectivity index (χ3n) is 4.67. The largest absolute Gasteiger partial charge is 0.504 e. The van der Waals surface area contributed by atoms with Gasteiger partial charge in [0.1, 0.15) is 11.5 Å². The molecule has 0 saturated heterocycles.